The Hall–Kier alpha value is -1.78. The molecule has 0 aliphatic carbocycles. The van der Waals surface area contributed by atoms with E-state index >= 15 is 0 Å². The number of rotatable bonds is 7. The molecule has 0 heterocycles. The summed E-state index contributed by atoms with van der Waals surface area (Å²) in [6.07, 6.45) is -2.96. The molecule has 4 N–H and O–H groups in total. The number of aliphatic hydroxyl groups excluding tert-OH is 1. The van der Waals surface area contributed by atoms with E-state index in [4.69, 9.17) is 15.9 Å². The number of sulfonamides is 1. The average molecular weight is 324 g/mol. The number of hydrogen-bond donors (Lipinski definition) is 3. The monoisotopic (exact) mass is 324 g/mol. The molecule has 21 heavy (non-hydrogen) atoms. The topological polar surface area (TPSA) is 121 Å². The van der Waals surface area contributed by atoms with Crippen molar-refractivity contribution in [3.8, 4) is 0 Å². The lowest BCUT2D eigenvalue weighted by Crippen LogP contribution is -2.37. The van der Waals surface area contributed by atoms with Crippen LogP contribution in [-0.2, 0) is 10.0 Å². The lowest BCUT2D eigenvalue weighted by atomic mass is 10.2. The van der Waals surface area contributed by atoms with Crippen LogP contribution in [0.25, 0.3) is 0 Å². The van der Waals surface area contributed by atoms with Gasteiger partial charge < -0.3 is 15.9 Å². The van der Waals surface area contributed by atoms with Gasteiger partial charge in [0.25, 0.3) is 6.43 Å². The maximum atomic E-state index is 12.5. The van der Waals surface area contributed by atoms with Crippen molar-refractivity contribution < 1.29 is 32.2 Å². The largest absolute Gasteiger partial charge is 0.478 e. The quantitative estimate of drug-likeness (QED) is 0.617. The van der Waals surface area contributed by atoms with E-state index in [9.17, 15) is 22.0 Å². The Bertz CT molecular complexity index is 621. The van der Waals surface area contributed by atoms with Gasteiger partial charge >= 0.3 is 5.97 Å². The fraction of sp³-hybridized carbons (Fsp3) is 0.364. The predicted octanol–water partition coefficient (Wildman–Crippen LogP) is 0.215. The Kier molecular flexibility index (Phi) is 5.58. The maximum absolute atomic E-state index is 12.5. The second-order valence-corrected chi connectivity index (χ2v) is 5.94. The van der Waals surface area contributed by atoms with Crippen molar-refractivity contribution in [1.29, 1.82) is 0 Å². The summed E-state index contributed by atoms with van der Waals surface area (Å²) in [5.41, 5.74) is 4.80. The Balaban J connectivity index is 3.37. The number of nitrogens with zero attached hydrogens (tertiary/aromatic N) is 1. The highest BCUT2D eigenvalue weighted by Crippen LogP contribution is 2.23. The SMILES string of the molecule is Nc1ccc(S(=O)(=O)N(CCO)CC(F)F)c(C(=O)O)c1. The average Bonchev–Trinajstić information content (AvgIpc) is 2.37. The van der Waals surface area contributed by atoms with Crippen molar-refractivity contribution in [3.05, 3.63) is 23.8 Å². The molecule has 7 nitrogen and oxygen atoms in total. The van der Waals surface area contributed by atoms with Gasteiger partial charge in [-0.25, -0.2) is 22.0 Å². The Morgan fingerprint density at radius 3 is 2.48 bits per heavy atom. The van der Waals surface area contributed by atoms with Gasteiger partial charge in [-0.3, -0.25) is 0 Å². The van der Waals surface area contributed by atoms with Crippen LogP contribution >= 0.6 is 0 Å². The first-order valence-electron chi connectivity index (χ1n) is 5.72. The molecule has 0 aliphatic rings. The maximum Gasteiger partial charge on any atom is 0.337 e. The molecule has 118 valence electrons. The summed E-state index contributed by atoms with van der Waals surface area (Å²) in [6, 6.07) is 3.01. The van der Waals surface area contributed by atoms with E-state index in [1.165, 1.54) is 0 Å². The molecule has 1 rings (SSSR count). The molecule has 0 aromatic heterocycles. The van der Waals surface area contributed by atoms with Crippen LogP contribution in [0.4, 0.5) is 14.5 Å². The third kappa shape index (κ3) is 4.09. The molecular weight excluding hydrogens is 310 g/mol. The molecule has 0 saturated heterocycles. The molecule has 0 unspecified atom stereocenters. The first-order chi connectivity index (χ1) is 9.70. The number of carbonyl (C=O) groups is 1. The van der Waals surface area contributed by atoms with Crippen LogP contribution in [0.2, 0.25) is 0 Å². The number of carboxylic acid groups (broad SMARTS) is 1. The molecule has 0 atom stereocenters. The summed E-state index contributed by atoms with van der Waals surface area (Å²) in [6.45, 7) is -2.40. The third-order valence-electron chi connectivity index (χ3n) is 2.54. The zero-order chi connectivity index (χ0) is 16.2. The van der Waals surface area contributed by atoms with Crippen LogP contribution in [0.15, 0.2) is 23.1 Å². The summed E-state index contributed by atoms with van der Waals surface area (Å²) in [4.78, 5) is 10.4. The molecular formula is C11H14F2N2O5S. The van der Waals surface area contributed by atoms with Crippen molar-refractivity contribution in [1.82, 2.24) is 4.31 Å². The minimum absolute atomic E-state index is 0.0221. The molecule has 0 saturated carbocycles. The van der Waals surface area contributed by atoms with E-state index in [-0.39, 0.29) is 5.69 Å². The van der Waals surface area contributed by atoms with E-state index < -0.39 is 52.6 Å². The molecule has 0 fully saturated rings. The third-order valence-corrected chi connectivity index (χ3v) is 4.47. The highest BCUT2D eigenvalue weighted by molar-refractivity contribution is 7.89. The lowest BCUT2D eigenvalue weighted by Gasteiger charge is -2.21. The van der Waals surface area contributed by atoms with Crippen molar-refractivity contribution in [2.45, 2.75) is 11.3 Å². The van der Waals surface area contributed by atoms with E-state index in [1.807, 2.05) is 0 Å². The first-order valence-corrected chi connectivity index (χ1v) is 7.16. The van der Waals surface area contributed by atoms with Gasteiger partial charge in [0.05, 0.1) is 23.6 Å². The van der Waals surface area contributed by atoms with Gasteiger partial charge in [-0.15, -0.1) is 0 Å². The minimum atomic E-state index is -4.49. The molecule has 0 bridgehead atoms. The van der Waals surface area contributed by atoms with Crippen LogP contribution in [0.1, 0.15) is 10.4 Å². The lowest BCUT2D eigenvalue weighted by molar-refractivity contribution is 0.0692. The molecule has 0 aliphatic heterocycles. The molecule has 1 aromatic carbocycles. The van der Waals surface area contributed by atoms with Crippen molar-refractivity contribution >= 4 is 21.7 Å². The number of aromatic carboxylic acids is 1. The number of nitrogens with two attached hydrogens (primary N) is 1. The molecule has 0 radical (unpaired) electrons. The summed E-state index contributed by atoms with van der Waals surface area (Å²) in [5.74, 6) is -1.55. The summed E-state index contributed by atoms with van der Waals surface area (Å²) >= 11 is 0. The number of anilines is 1. The summed E-state index contributed by atoms with van der Waals surface area (Å²) < 4.78 is 49.8. The van der Waals surface area contributed by atoms with Gasteiger partial charge in [0.1, 0.15) is 0 Å². The molecule has 1 aromatic rings. The van der Waals surface area contributed by atoms with Gasteiger partial charge in [0.2, 0.25) is 10.0 Å². The van der Waals surface area contributed by atoms with Gasteiger partial charge in [0, 0.05) is 12.2 Å². The Morgan fingerprint density at radius 1 is 1.38 bits per heavy atom. The van der Waals surface area contributed by atoms with Crippen LogP contribution in [-0.4, -0.2) is 55.0 Å². The fourth-order valence-electron chi connectivity index (χ4n) is 1.65. The highest BCUT2D eigenvalue weighted by atomic mass is 32.2. The van der Waals surface area contributed by atoms with Gasteiger partial charge in [-0.2, -0.15) is 4.31 Å². The highest BCUT2D eigenvalue weighted by Gasteiger charge is 2.30. The second-order valence-electron chi connectivity index (χ2n) is 4.04. The zero-order valence-corrected chi connectivity index (χ0v) is 11.6. The number of halogens is 2. The Labute approximate surface area is 119 Å². The standard InChI is InChI=1S/C11H14F2N2O5S/c12-10(13)6-15(3-4-16)21(19,20)9-2-1-7(14)5-8(9)11(17)18/h1-2,5,10,16H,3-4,6,14H2,(H,17,18). The van der Waals surface area contributed by atoms with E-state index in [1.54, 1.807) is 0 Å². The predicted molar refractivity (Wildman–Crippen MR) is 69.7 cm³/mol. The second kappa shape index (κ2) is 6.78. The molecule has 10 heteroatoms. The van der Waals surface area contributed by atoms with Gasteiger partial charge in [-0.1, -0.05) is 0 Å². The summed E-state index contributed by atoms with van der Waals surface area (Å²) in [5, 5.41) is 17.8. The van der Waals surface area contributed by atoms with Crippen molar-refractivity contribution in [2.24, 2.45) is 0 Å². The number of carboxylic acids is 1. The van der Waals surface area contributed by atoms with E-state index in [0.29, 0.717) is 4.31 Å². The fourth-order valence-corrected chi connectivity index (χ4v) is 3.23. The Morgan fingerprint density at radius 2 is 2.00 bits per heavy atom. The van der Waals surface area contributed by atoms with E-state index in [2.05, 4.69) is 0 Å². The van der Waals surface area contributed by atoms with Crippen LogP contribution in [0.3, 0.4) is 0 Å². The van der Waals surface area contributed by atoms with Crippen LogP contribution in [0.5, 0.6) is 0 Å². The van der Waals surface area contributed by atoms with Gasteiger partial charge in [-0.05, 0) is 18.2 Å². The normalized spacial score (nSPS) is 12.0. The van der Waals surface area contributed by atoms with Gasteiger partial charge in [0.15, 0.2) is 0 Å². The molecule has 0 spiro atoms. The molecule has 0 amide bonds. The first kappa shape index (κ1) is 17.3. The van der Waals surface area contributed by atoms with Crippen LogP contribution < -0.4 is 5.73 Å². The number of benzene rings is 1. The van der Waals surface area contributed by atoms with Crippen LogP contribution in [0, 0.1) is 0 Å². The number of aliphatic hydroxyl groups is 1. The number of hydrogen-bond acceptors (Lipinski definition) is 5. The minimum Gasteiger partial charge on any atom is -0.478 e. The van der Waals surface area contributed by atoms with Crippen molar-refractivity contribution in [2.75, 3.05) is 25.4 Å². The smallest absolute Gasteiger partial charge is 0.337 e. The number of alkyl halides is 2. The zero-order valence-electron chi connectivity index (χ0n) is 10.7. The summed E-state index contributed by atoms with van der Waals surface area (Å²) in [7, 11) is -4.49. The van der Waals surface area contributed by atoms with E-state index in [0.717, 1.165) is 18.2 Å². The van der Waals surface area contributed by atoms with Crippen molar-refractivity contribution in [3.63, 3.8) is 0 Å². The number of nitrogen functional groups attached to an aromatic ring is 1.